The number of ether oxygens (including phenoxy) is 1. The maximum absolute atomic E-state index is 13.8. The molecule has 1 aliphatic heterocycles. The van der Waals surface area contributed by atoms with E-state index in [-0.39, 0.29) is 17.0 Å². The normalized spacial score (nSPS) is 23.5. The third kappa shape index (κ3) is 4.39. The molecule has 0 unspecified atom stereocenters. The van der Waals surface area contributed by atoms with Crippen LogP contribution in [0.25, 0.3) is 27.0 Å². The molecule has 39 heavy (non-hydrogen) atoms. The van der Waals surface area contributed by atoms with E-state index in [9.17, 15) is 28.5 Å². The van der Waals surface area contributed by atoms with Crippen LogP contribution in [-0.4, -0.2) is 69.8 Å². The van der Waals surface area contributed by atoms with Gasteiger partial charge < -0.3 is 20.1 Å². The van der Waals surface area contributed by atoms with Gasteiger partial charge in [0.1, 0.15) is 36.3 Å². The largest absolute Gasteiger partial charge is 0.394 e. The number of benzene rings is 2. The maximum atomic E-state index is 13.8. The molecule has 2 aromatic carbocycles. The van der Waals surface area contributed by atoms with Gasteiger partial charge in [0, 0.05) is 11.8 Å². The van der Waals surface area contributed by atoms with Crippen molar-refractivity contribution >= 4 is 21.6 Å². The Morgan fingerprint density at radius 3 is 2.56 bits per heavy atom. The molecule has 4 heterocycles. The van der Waals surface area contributed by atoms with Crippen molar-refractivity contribution < 1.29 is 33.2 Å². The second-order valence-electron chi connectivity index (χ2n) is 9.15. The molecule has 1 fully saturated rings. The number of fused-ring (bicyclic) bond motifs is 1. The number of rotatable bonds is 5. The highest BCUT2D eigenvalue weighted by Crippen LogP contribution is 2.39. The molecular formula is C25H21F3N6O4S. The summed E-state index contributed by atoms with van der Waals surface area (Å²) in [6.07, 6.45) is -2.52. The number of aliphatic hydroxyl groups excluding tert-OH is 3. The lowest BCUT2D eigenvalue weighted by atomic mass is 9.92. The molecule has 3 aromatic heterocycles. The van der Waals surface area contributed by atoms with Crippen molar-refractivity contribution in [3.05, 3.63) is 77.3 Å². The summed E-state index contributed by atoms with van der Waals surface area (Å²) in [7, 11) is 0. The topological polar surface area (TPSA) is 131 Å². The van der Waals surface area contributed by atoms with E-state index in [1.54, 1.807) is 18.5 Å². The monoisotopic (exact) mass is 558 g/mol. The van der Waals surface area contributed by atoms with Crippen LogP contribution in [0.1, 0.15) is 23.8 Å². The predicted molar refractivity (Wildman–Crippen MR) is 133 cm³/mol. The van der Waals surface area contributed by atoms with Crippen LogP contribution in [0.15, 0.2) is 48.2 Å². The van der Waals surface area contributed by atoms with Crippen LogP contribution >= 0.6 is 11.3 Å². The Kier molecular flexibility index (Phi) is 6.43. The minimum absolute atomic E-state index is 0.0118. The summed E-state index contributed by atoms with van der Waals surface area (Å²) in [6.45, 7) is 1.10. The third-order valence-electron chi connectivity index (χ3n) is 6.67. The van der Waals surface area contributed by atoms with Gasteiger partial charge in [0.2, 0.25) is 0 Å². The van der Waals surface area contributed by atoms with E-state index in [0.717, 1.165) is 22.3 Å². The van der Waals surface area contributed by atoms with Gasteiger partial charge >= 0.3 is 0 Å². The van der Waals surface area contributed by atoms with Crippen molar-refractivity contribution in [2.24, 2.45) is 0 Å². The number of hydrogen-bond acceptors (Lipinski definition) is 9. The van der Waals surface area contributed by atoms with Crippen molar-refractivity contribution in [1.82, 2.24) is 29.5 Å². The van der Waals surface area contributed by atoms with Crippen molar-refractivity contribution in [2.45, 2.75) is 37.4 Å². The molecule has 202 valence electrons. The van der Waals surface area contributed by atoms with Crippen LogP contribution in [0.3, 0.4) is 0 Å². The van der Waals surface area contributed by atoms with E-state index in [0.29, 0.717) is 11.5 Å². The molecule has 3 N–H and O–H groups in total. The number of nitrogens with zero attached hydrogens (tertiary/aromatic N) is 6. The first-order valence-corrected chi connectivity index (χ1v) is 12.7. The summed E-state index contributed by atoms with van der Waals surface area (Å²) in [4.78, 5) is 8.75. The maximum Gasteiger partial charge on any atom is 0.194 e. The Bertz CT molecular complexity index is 1650. The first-order chi connectivity index (χ1) is 18.7. The fourth-order valence-corrected chi connectivity index (χ4v) is 5.49. The second kappa shape index (κ2) is 9.81. The summed E-state index contributed by atoms with van der Waals surface area (Å²) < 4.78 is 50.6. The minimum atomic E-state index is -1.59. The fraction of sp³-hybridized carbons (Fsp3) is 0.280. The summed E-state index contributed by atoms with van der Waals surface area (Å²) in [5, 5.41) is 41.1. The van der Waals surface area contributed by atoms with E-state index in [1.165, 1.54) is 33.1 Å². The number of halogens is 3. The molecule has 0 aliphatic carbocycles. The Morgan fingerprint density at radius 1 is 1.05 bits per heavy atom. The first-order valence-electron chi connectivity index (χ1n) is 11.8. The van der Waals surface area contributed by atoms with Crippen molar-refractivity contribution in [1.29, 1.82) is 0 Å². The van der Waals surface area contributed by atoms with Crippen LogP contribution in [0.4, 0.5) is 13.2 Å². The lowest BCUT2D eigenvalue weighted by Gasteiger charge is -2.41. The highest BCUT2D eigenvalue weighted by atomic mass is 32.1. The zero-order valence-electron chi connectivity index (χ0n) is 20.2. The van der Waals surface area contributed by atoms with Gasteiger partial charge in [0.05, 0.1) is 34.2 Å². The highest BCUT2D eigenvalue weighted by molar-refractivity contribution is 7.16. The summed E-state index contributed by atoms with van der Waals surface area (Å²) >= 11 is 1.45. The predicted octanol–water partition coefficient (Wildman–Crippen LogP) is 2.86. The molecule has 1 saturated heterocycles. The summed E-state index contributed by atoms with van der Waals surface area (Å²) in [5.41, 5.74) is 3.41. The molecule has 0 amide bonds. The number of thiazole rings is 1. The molecule has 5 atom stereocenters. The number of aromatic nitrogens is 6. The van der Waals surface area contributed by atoms with Crippen LogP contribution < -0.4 is 0 Å². The molecule has 10 nitrogen and oxygen atoms in total. The van der Waals surface area contributed by atoms with Crippen LogP contribution in [0, 0.1) is 24.4 Å². The average Bonchev–Trinajstić information content (AvgIpc) is 3.67. The van der Waals surface area contributed by atoms with E-state index in [2.05, 4.69) is 20.2 Å². The quantitative estimate of drug-likeness (QED) is 0.281. The zero-order valence-corrected chi connectivity index (χ0v) is 21.0. The molecule has 0 radical (unpaired) electrons. The van der Waals surface area contributed by atoms with Crippen molar-refractivity contribution in [3.8, 4) is 16.8 Å². The molecule has 14 heteroatoms. The van der Waals surface area contributed by atoms with Gasteiger partial charge in [0.15, 0.2) is 23.3 Å². The van der Waals surface area contributed by atoms with E-state index in [1.807, 2.05) is 12.1 Å². The SMILES string of the molecule is Cc1nc([C@@H]2O[C@H](CO)[C@H](O)[C@H](n3cc(-c4cc(F)c(F)c(F)c4)cn3)[C@H]2O)n(-c2ccc3ncsc3c2)n1. The fourth-order valence-electron chi connectivity index (χ4n) is 4.78. The zero-order chi connectivity index (χ0) is 27.4. The highest BCUT2D eigenvalue weighted by Gasteiger charge is 2.48. The third-order valence-corrected chi connectivity index (χ3v) is 7.46. The minimum Gasteiger partial charge on any atom is -0.394 e. The van der Waals surface area contributed by atoms with Crippen molar-refractivity contribution in [2.75, 3.05) is 6.61 Å². The van der Waals surface area contributed by atoms with Gasteiger partial charge in [-0.25, -0.2) is 27.8 Å². The van der Waals surface area contributed by atoms with Gasteiger partial charge in [-0.1, -0.05) is 0 Å². The Balaban J connectivity index is 1.39. The molecule has 0 spiro atoms. The Morgan fingerprint density at radius 2 is 1.82 bits per heavy atom. The number of aliphatic hydroxyl groups is 3. The first kappa shape index (κ1) is 25.6. The van der Waals surface area contributed by atoms with E-state index < -0.39 is 54.5 Å². The van der Waals surface area contributed by atoms with Gasteiger partial charge in [0.25, 0.3) is 0 Å². The van der Waals surface area contributed by atoms with Crippen LogP contribution in [-0.2, 0) is 4.74 Å². The smallest absolute Gasteiger partial charge is 0.194 e. The van der Waals surface area contributed by atoms with Crippen LogP contribution in [0.2, 0.25) is 0 Å². The average molecular weight is 559 g/mol. The number of hydrogen-bond donors (Lipinski definition) is 3. The van der Waals surface area contributed by atoms with Gasteiger partial charge in [-0.05, 0) is 42.8 Å². The molecule has 5 aromatic rings. The van der Waals surface area contributed by atoms with Gasteiger partial charge in [-0.3, -0.25) is 4.68 Å². The molecule has 1 aliphatic rings. The lowest BCUT2D eigenvalue weighted by molar-refractivity contribution is -0.210. The second-order valence-corrected chi connectivity index (χ2v) is 10.0. The summed E-state index contributed by atoms with van der Waals surface area (Å²) in [5.74, 6) is -3.69. The number of aryl methyl sites for hydroxylation is 1. The van der Waals surface area contributed by atoms with Gasteiger partial charge in [-0.2, -0.15) is 10.2 Å². The Hall–Kier alpha value is -3.69. The lowest BCUT2D eigenvalue weighted by Crippen LogP contribution is -2.53. The molecular weight excluding hydrogens is 537 g/mol. The summed E-state index contributed by atoms with van der Waals surface area (Å²) in [6, 6.07) is 5.99. The van der Waals surface area contributed by atoms with Crippen molar-refractivity contribution in [3.63, 3.8) is 0 Å². The van der Waals surface area contributed by atoms with Gasteiger partial charge in [-0.15, -0.1) is 11.3 Å². The van der Waals surface area contributed by atoms with E-state index in [4.69, 9.17) is 4.74 Å². The molecule has 0 saturated carbocycles. The Labute approximate surface area is 222 Å². The van der Waals surface area contributed by atoms with Crippen LogP contribution in [0.5, 0.6) is 0 Å². The molecule has 6 rings (SSSR count). The standard InChI is InChI=1S/C25H21F3N6O4S/c1-11-31-25(34(32-11)14-2-3-17-19(6-14)39-10-29-17)24-23(37)21(22(36)18(9-35)38-24)33-8-13(7-30-33)12-4-15(26)20(28)16(27)5-12/h2-8,10,18,21-24,35-37H,9H2,1H3/t18-,21+,22+,23-,24-/m1/s1. The molecule has 0 bridgehead atoms. The van der Waals surface area contributed by atoms with E-state index >= 15 is 0 Å².